The summed E-state index contributed by atoms with van der Waals surface area (Å²) in [5.74, 6) is -0.293. The van der Waals surface area contributed by atoms with E-state index in [1.807, 2.05) is 0 Å². The van der Waals surface area contributed by atoms with Crippen LogP contribution in [0.2, 0.25) is 5.02 Å². The van der Waals surface area contributed by atoms with E-state index in [1.54, 1.807) is 18.2 Å². The summed E-state index contributed by atoms with van der Waals surface area (Å²) in [6.07, 6.45) is 0.540. The molecule has 0 aliphatic carbocycles. The molecule has 0 radical (unpaired) electrons. The van der Waals surface area contributed by atoms with Gasteiger partial charge in [0.2, 0.25) is 10.0 Å². The standard InChI is InChI=1S/C17H14ClFN2O2S/c18-11-2-1-3-13(8-11)24(22,23)21-7-6-14-15-9-12(19)4-5-16(15)20-17(14)10-21/h1-5,8-9,20H,6-7,10H2. The molecule has 24 heavy (non-hydrogen) atoms. The summed E-state index contributed by atoms with van der Waals surface area (Å²) in [4.78, 5) is 3.39. The van der Waals surface area contributed by atoms with Crippen LogP contribution in [0.4, 0.5) is 4.39 Å². The number of H-pyrrole nitrogens is 1. The Balaban J connectivity index is 1.73. The fraction of sp³-hybridized carbons (Fsp3) is 0.176. The van der Waals surface area contributed by atoms with Gasteiger partial charge in [-0.1, -0.05) is 17.7 Å². The number of hydrogen-bond acceptors (Lipinski definition) is 2. The second kappa shape index (κ2) is 5.58. The molecule has 0 saturated heterocycles. The van der Waals surface area contributed by atoms with Gasteiger partial charge in [0.15, 0.2) is 0 Å². The van der Waals surface area contributed by atoms with Gasteiger partial charge in [-0.05, 0) is 48.4 Å². The second-order valence-corrected chi connectivity index (χ2v) is 8.19. The van der Waals surface area contributed by atoms with Crippen molar-refractivity contribution in [1.82, 2.24) is 9.29 Å². The smallest absolute Gasteiger partial charge is 0.243 e. The van der Waals surface area contributed by atoms with Crippen LogP contribution in [0, 0.1) is 5.82 Å². The Morgan fingerprint density at radius 2 is 2.00 bits per heavy atom. The van der Waals surface area contributed by atoms with Gasteiger partial charge in [-0.25, -0.2) is 12.8 Å². The molecular weight excluding hydrogens is 351 g/mol. The van der Waals surface area contributed by atoms with E-state index in [9.17, 15) is 12.8 Å². The van der Waals surface area contributed by atoms with Crippen molar-refractivity contribution < 1.29 is 12.8 Å². The topological polar surface area (TPSA) is 53.2 Å². The van der Waals surface area contributed by atoms with Crippen molar-refractivity contribution in [2.75, 3.05) is 6.54 Å². The van der Waals surface area contributed by atoms with Crippen molar-refractivity contribution in [3.63, 3.8) is 0 Å². The quantitative estimate of drug-likeness (QED) is 0.753. The van der Waals surface area contributed by atoms with Gasteiger partial charge in [-0.15, -0.1) is 0 Å². The summed E-state index contributed by atoms with van der Waals surface area (Å²) >= 11 is 5.91. The fourth-order valence-electron chi connectivity index (χ4n) is 3.17. The van der Waals surface area contributed by atoms with Crippen LogP contribution in [0.1, 0.15) is 11.3 Å². The first-order chi connectivity index (χ1) is 11.4. The number of aromatic nitrogens is 1. The largest absolute Gasteiger partial charge is 0.357 e. The molecule has 1 aromatic heterocycles. The Labute approximate surface area is 143 Å². The lowest BCUT2D eigenvalue weighted by atomic mass is 10.0. The van der Waals surface area contributed by atoms with Crippen LogP contribution in [0.15, 0.2) is 47.4 Å². The normalized spacial score (nSPS) is 15.6. The Kier molecular flexibility index (Phi) is 3.63. The van der Waals surface area contributed by atoms with Gasteiger partial charge in [-0.2, -0.15) is 4.31 Å². The molecule has 0 atom stereocenters. The summed E-state index contributed by atoms with van der Waals surface area (Å²) in [5, 5.41) is 1.21. The first-order valence-electron chi connectivity index (χ1n) is 7.50. The summed E-state index contributed by atoms with van der Waals surface area (Å²) in [7, 11) is -3.62. The van der Waals surface area contributed by atoms with Crippen molar-refractivity contribution in [2.45, 2.75) is 17.9 Å². The van der Waals surface area contributed by atoms with Crippen LogP contribution in [0.3, 0.4) is 0 Å². The molecule has 0 fully saturated rings. The highest BCUT2D eigenvalue weighted by Gasteiger charge is 2.30. The van der Waals surface area contributed by atoms with E-state index in [2.05, 4.69) is 4.98 Å². The average Bonchev–Trinajstić information content (AvgIpc) is 2.92. The number of nitrogens with one attached hydrogen (secondary N) is 1. The number of hydrogen-bond donors (Lipinski definition) is 1. The number of nitrogens with zero attached hydrogens (tertiary/aromatic N) is 1. The van der Waals surface area contributed by atoms with Crippen molar-refractivity contribution in [3.05, 3.63) is 64.6 Å². The SMILES string of the molecule is O=S(=O)(c1cccc(Cl)c1)N1CCc2c([nH]c3ccc(F)cc23)C1. The van der Waals surface area contributed by atoms with E-state index in [0.717, 1.165) is 22.2 Å². The molecule has 7 heteroatoms. The molecule has 1 aliphatic heterocycles. The van der Waals surface area contributed by atoms with Gasteiger partial charge in [0.05, 0.1) is 11.4 Å². The molecule has 2 aromatic carbocycles. The lowest BCUT2D eigenvalue weighted by molar-refractivity contribution is 0.388. The lowest BCUT2D eigenvalue weighted by Gasteiger charge is -2.26. The molecule has 4 rings (SSSR count). The van der Waals surface area contributed by atoms with Crippen LogP contribution in [0.25, 0.3) is 10.9 Å². The number of halogens is 2. The van der Waals surface area contributed by atoms with Gasteiger partial charge in [0.1, 0.15) is 5.82 Å². The van der Waals surface area contributed by atoms with E-state index < -0.39 is 10.0 Å². The highest BCUT2D eigenvalue weighted by molar-refractivity contribution is 7.89. The van der Waals surface area contributed by atoms with Crippen molar-refractivity contribution in [2.24, 2.45) is 0 Å². The first kappa shape index (κ1) is 15.6. The maximum atomic E-state index is 13.5. The van der Waals surface area contributed by atoms with Gasteiger partial charge in [0, 0.05) is 28.2 Å². The zero-order valence-electron chi connectivity index (χ0n) is 12.6. The lowest BCUT2D eigenvalue weighted by Crippen LogP contribution is -2.35. The molecule has 0 spiro atoms. The number of benzene rings is 2. The maximum absolute atomic E-state index is 13.5. The summed E-state index contributed by atoms with van der Waals surface area (Å²) in [6.45, 7) is 0.589. The molecule has 0 bridgehead atoms. The van der Waals surface area contributed by atoms with Gasteiger partial charge in [0.25, 0.3) is 0 Å². The van der Waals surface area contributed by atoms with E-state index in [1.165, 1.54) is 28.6 Å². The minimum atomic E-state index is -3.62. The third kappa shape index (κ3) is 2.51. The van der Waals surface area contributed by atoms with Crippen LogP contribution >= 0.6 is 11.6 Å². The highest BCUT2D eigenvalue weighted by Crippen LogP contribution is 2.31. The Morgan fingerprint density at radius 3 is 2.79 bits per heavy atom. The third-order valence-corrected chi connectivity index (χ3v) is 6.41. The molecule has 0 amide bonds. The Hall–Kier alpha value is -1.89. The minimum absolute atomic E-state index is 0.181. The average molecular weight is 365 g/mol. The van der Waals surface area contributed by atoms with Crippen LogP contribution in [-0.2, 0) is 23.0 Å². The third-order valence-electron chi connectivity index (χ3n) is 4.34. The van der Waals surface area contributed by atoms with E-state index in [0.29, 0.717) is 18.0 Å². The van der Waals surface area contributed by atoms with E-state index in [-0.39, 0.29) is 17.3 Å². The van der Waals surface area contributed by atoms with Crippen LogP contribution < -0.4 is 0 Å². The monoisotopic (exact) mass is 364 g/mol. The highest BCUT2D eigenvalue weighted by atomic mass is 35.5. The molecule has 1 N–H and O–H groups in total. The minimum Gasteiger partial charge on any atom is -0.357 e. The summed E-state index contributed by atoms with van der Waals surface area (Å²) < 4.78 is 40.5. The number of rotatable bonds is 2. The molecule has 4 nitrogen and oxygen atoms in total. The van der Waals surface area contributed by atoms with Gasteiger partial charge in [-0.3, -0.25) is 0 Å². The Bertz CT molecular complexity index is 1050. The molecule has 0 saturated carbocycles. The molecule has 0 unspecified atom stereocenters. The van der Waals surface area contributed by atoms with Gasteiger partial charge < -0.3 is 4.98 Å². The maximum Gasteiger partial charge on any atom is 0.243 e. The Morgan fingerprint density at radius 1 is 1.17 bits per heavy atom. The molecule has 3 aromatic rings. The van der Waals surface area contributed by atoms with Crippen LogP contribution in [0.5, 0.6) is 0 Å². The van der Waals surface area contributed by atoms with Gasteiger partial charge >= 0.3 is 0 Å². The summed E-state index contributed by atoms with van der Waals surface area (Å²) in [5.41, 5.74) is 2.62. The fourth-order valence-corrected chi connectivity index (χ4v) is 4.88. The first-order valence-corrected chi connectivity index (χ1v) is 9.31. The summed E-state index contributed by atoms with van der Waals surface area (Å²) in [6, 6.07) is 10.8. The van der Waals surface area contributed by atoms with Crippen molar-refractivity contribution >= 4 is 32.5 Å². The molecule has 2 heterocycles. The number of fused-ring (bicyclic) bond motifs is 3. The zero-order chi connectivity index (χ0) is 16.9. The molecule has 124 valence electrons. The predicted octanol–water partition coefficient (Wildman–Crippen LogP) is 3.71. The molecule has 1 aliphatic rings. The molecular formula is C17H14ClFN2O2S. The van der Waals surface area contributed by atoms with E-state index in [4.69, 9.17) is 11.6 Å². The van der Waals surface area contributed by atoms with Crippen LogP contribution in [-0.4, -0.2) is 24.3 Å². The second-order valence-electron chi connectivity index (χ2n) is 5.82. The predicted molar refractivity (Wildman–Crippen MR) is 91.0 cm³/mol. The zero-order valence-corrected chi connectivity index (χ0v) is 14.2. The number of aromatic amines is 1. The van der Waals surface area contributed by atoms with Crippen molar-refractivity contribution in [3.8, 4) is 0 Å². The van der Waals surface area contributed by atoms with E-state index >= 15 is 0 Å². The number of sulfonamides is 1. The van der Waals surface area contributed by atoms with Crippen molar-refractivity contribution in [1.29, 1.82) is 0 Å².